The zero-order valence-electron chi connectivity index (χ0n) is 14.9. The number of phosphoric ester groups is 1. The van der Waals surface area contributed by atoms with Gasteiger partial charge in [-0.2, -0.15) is 0 Å². The molecule has 1 rings (SSSR count). The van der Waals surface area contributed by atoms with Crippen LogP contribution in [0.3, 0.4) is 0 Å². The van der Waals surface area contributed by atoms with Crippen molar-refractivity contribution in [2.75, 3.05) is 6.61 Å². The Hall–Kier alpha value is 3.18. The number of rotatable bonds is 8. The number of esters is 1. The molecule has 0 radical (unpaired) electrons. The van der Waals surface area contributed by atoms with E-state index >= 15 is 0 Å². The fraction of sp³-hybridized carbons (Fsp3) is 0.500. The largest absolute Gasteiger partial charge is 1.00 e. The summed E-state index contributed by atoms with van der Waals surface area (Å²) in [6, 6.07) is 0. The second kappa shape index (κ2) is 15.2. The zero-order chi connectivity index (χ0) is 18.9. The molecule has 0 aromatic heterocycles. The average molecular weight is 504 g/mol. The first kappa shape index (κ1) is 38.4. The first-order valence-corrected chi connectivity index (χ1v) is 9.75. The third-order valence-electron chi connectivity index (χ3n) is 2.07. The fourth-order valence-corrected chi connectivity index (χ4v) is 4.21. The zero-order valence-corrected chi connectivity index (χ0v) is 25.6. The van der Waals surface area contributed by atoms with Gasteiger partial charge in [-0.15, -0.1) is 0 Å². The molecule has 0 aliphatic carbocycles. The second-order valence-electron chi connectivity index (χ2n) is 3.88. The van der Waals surface area contributed by atoms with Crippen LogP contribution in [0, 0.1) is 0 Å². The molecule has 0 bridgehead atoms. The minimum atomic E-state index is -6.26. The summed E-state index contributed by atoms with van der Waals surface area (Å²) in [6.07, 6.45) is -4.03. The average Bonchev–Trinajstić information content (AvgIpc) is 2.61. The first-order valence-electron chi connectivity index (χ1n) is 5.37. The number of ether oxygens (including phenoxy) is 1. The summed E-state index contributed by atoms with van der Waals surface area (Å²) >= 11 is 0. The number of carbonyl (C=O) groups is 1. The first-order chi connectivity index (χ1) is 10.7. The van der Waals surface area contributed by atoms with Crippen LogP contribution in [0.5, 0.6) is 0 Å². The van der Waals surface area contributed by atoms with Crippen LogP contribution in [0.1, 0.15) is 0 Å². The van der Waals surface area contributed by atoms with Gasteiger partial charge in [-0.25, -0.2) is 9.11 Å². The van der Waals surface area contributed by atoms with Gasteiger partial charge in [0.25, 0.3) is 7.82 Å². The van der Waals surface area contributed by atoms with Crippen molar-refractivity contribution in [3.05, 3.63) is 11.5 Å². The van der Waals surface area contributed by atoms with Gasteiger partial charge in [0.05, 0.1) is 14.4 Å². The molecule has 0 saturated carbocycles. The Bertz CT molecular complexity index is 691. The number of phosphoric acid groups is 3. The molecule has 0 aromatic carbocycles. The Balaban J connectivity index is -0.000000720. The van der Waals surface area contributed by atoms with Gasteiger partial charge in [0.15, 0.2) is 11.9 Å². The predicted octanol–water partition coefficient (Wildman–Crippen LogP) is -16.1. The van der Waals surface area contributed by atoms with Crippen LogP contribution in [0.2, 0.25) is 0 Å². The van der Waals surface area contributed by atoms with Crippen molar-refractivity contribution < 1.29 is 189 Å². The van der Waals surface area contributed by atoms with Crippen LogP contribution >= 0.6 is 23.5 Å². The van der Waals surface area contributed by atoms with Crippen molar-refractivity contribution in [3.8, 4) is 0 Å². The van der Waals surface area contributed by atoms with Gasteiger partial charge in [0, 0.05) is 0 Å². The molecule has 3 N–H and O–H groups in total. The van der Waals surface area contributed by atoms with Gasteiger partial charge < -0.3 is 48.7 Å². The molecule has 0 aromatic rings. The van der Waals surface area contributed by atoms with Crippen molar-refractivity contribution in [2.24, 2.45) is 0 Å². The van der Waals surface area contributed by atoms with Crippen LogP contribution < -0.4 is 138 Å². The summed E-state index contributed by atoms with van der Waals surface area (Å²) in [5.41, 5.74) is 0. The molecule has 0 saturated heterocycles. The van der Waals surface area contributed by atoms with Crippen molar-refractivity contribution in [1.29, 1.82) is 0 Å². The van der Waals surface area contributed by atoms with Gasteiger partial charge in [0.2, 0.25) is 5.76 Å². The molecule has 140 valence electrons. The van der Waals surface area contributed by atoms with E-state index in [1.807, 2.05) is 0 Å². The maximum Gasteiger partial charge on any atom is 1.00 e. The molecule has 1 heterocycles. The van der Waals surface area contributed by atoms with Crippen molar-refractivity contribution in [1.82, 2.24) is 0 Å². The molecule has 28 heavy (non-hydrogen) atoms. The van der Waals surface area contributed by atoms with E-state index in [0.29, 0.717) is 0 Å². The Morgan fingerprint density at radius 1 is 1.00 bits per heavy atom. The molecule has 4 atom stereocenters. The molecular formula is C6H7Na4O15P3. The van der Waals surface area contributed by atoms with E-state index < -0.39 is 59.8 Å². The predicted molar refractivity (Wildman–Crippen MR) is 58.7 cm³/mol. The van der Waals surface area contributed by atoms with E-state index in [4.69, 9.17) is 5.11 Å². The Labute approximate surface area is 245 Å². The van der Waals surface area contributed by atoms with Crippen LogP contribution in [0.4, 0.5) is 0 Å². The van der Waals surface area contributed by atoms with Gasteiger partial charge >= 0.3 is 132 Å². The number of hydrogen-bond donors (Lipinski definition) is 3. The third kappa shape index (κ3) is 13.0. The van der Waals surface area contributed by atoms with Crippen molar-refractivity contribution >= 4 is 29.4 Å². The fourth-order valence-electron chi connectivity index (χ4n) is 1.30. The minimum absolute atomic E-state index is 0. The minimum Gasteiger partial charge on any atom is -0.790 e. The summed E-state index contributed by atoms with van der Waals surface area (Å²) in [4.78, 5) is 53.7. The standard InChI is InChI=1S/C6H11O15P3.4Na/c7-1-2(8)4-5(3(9)6(10)18-4)19-23(14,15)21-24(16,17)20-22(11,12)13;;;;/h2,4,7-9H,1H2,(H,14,15)(H,16,17)(H2,11,12,13);;;;/q;4*+1/p-4/t2-,4+;;;;/m0..../s1. The summed E-state index contributed by atoms with van der Waals surface area (Å²) in [5, 5.41) is 27.3. The van der Waals surface area contributed by atoms with E-state index in [-0.39, 0.29) is 118 Å². The van der Waals surface area contributed by atoms with Gasteiger partial charge in [-0.1, -0.05) is 0 Å². The molecule has 0 amide bonds. The van der Waals surface area contributed by atoms with E-state index in [1.165, 1.54) is 0 Å². The molecule has 22 heteroatoms. The maximum atomic E-state index is 11.4. The third-order valence-corrected chi connectivity index (χ3v) is 5.69. The van der Waals surface area contributed by atoms with E-state index in [2.05, 4.69) is 17.9 Å². The van der Waals surface area contributed by atoms with Gasteiger partial charge in [-0.05, 0) is 0 Å². The number of cyclic esters (lactones) is 1. The topological polar surface area (TPSA) is 258 Å². The normalized spacial score (nSPS) is 21.4. The molecular weight excluding hydrogens is 497 g/mol. The number of aliphatic hydroxyl groups excluding tert-OH is 3. The molecule has 1 aliphatic heterocycles. The van der Waals surface area contributed by atoms with Crippen LogP contribution in [0.15, 0.2) is 11.5 Å². The summed E-state index contributed by atoms with van der Waals surface area (Å²) in [6.45, 7) is -1.10. The molecule has 0 fully saturated rings. The Kier molecular flexibility index (Phi) is 20.8. The quantitative estimate of drug-likeness (QED) is 0.158. The summed E-state index contributed by atoms with van der Waals surface area (Å²) in [5.74, 6) is -4.45. The smallest absolute Gasteiger partial charge is 0.790 e. The van der Waals surface area contributed by atoms with E-state index in [0.717, 1.165) is 0 Å². The van der Waals surface area contributed by atoms with Crippen LogP contribution in [-0.4, -0.2) is 40.1 Å². The van der Waals surface area contributed by atoms with Crippen LogP contribution in [-0.2, 0) is 36.4 Å². The SMILES string of the molecule is O=C1O[C@H]([C@@H](O)CO)C(OP(=O)([O-])OP(=O)([O-])OP(=O)([O-])[O-])=C1O.[Na+].[Na+].[Na+].[Na+]. The van der Waals surface area contributed by atoms with E-state index in [1.54, 1.807) is 0 Å². The second-order valence-corrected chi connectivity index (χ2v) is 8.06. The number of carbonyl (C=O) groups excluding carboxylic acids is 1. The van der Waals surface area contributed by atoms with Crippen molar-refractivity contribution in [3.63, 3.8) is 0 Å². The Morgan fingerprint density at radius 3 is 1.86 bits per heavy atom. The number of hydrogen-bond acceptors (Lipinski definition) is 15. The maximum absolute atomic E-state index is 11.4. The van der Waals surface area contributed by atoms with E-state index in [9.17, 15) is 48.3 Å². The summed E-state index contributed by atoms with van der Waals surface area (Å²) in [7, 11) is -18.5. The van der Waals surface area contributed by atoms with Crippen molar-refractivity contribution in [2.45, 2.75) is 12.2 Å². The molecule has 2 unspecified atom stereocenters. The molecule has 1 aliphatic rings. The van der Waals surface area contributed by atoms with Gasteiger partial charge in [-0.3, -0.25) is 13.4 Å². The Morgan fingerprint density at radius 2 is 1.46 bits per heavy atom. The summed E-state index contributed by atoms with van der Waals surface area (Å²) < 4.78 is 46.7. The molecule has 0 spiro atoms. The molecule has 15 nitrogen and oxygen atoms in total. The van der Waals surface area contributed by atoms with Gasteiger partial charge in [0.1, 0.15) is 6.10 Å². The van der Waals surface area contributed by atoms with Crippen LogP contribution in [0.25, 0.3) is 0 Å². The monoisotopic (exact) mass is 504 g/mol. The number of aliphatic hydroxyl groups is 3.